The van der Waals surface area contributed by atoms with Crippen molar-refractivity contribution in [2.24, 2.45) is 5.10 Å². The summed E-state index contributed by atoms with van der Waals surface area (Å²) in [7, 11) is 0. The molecule has 1 aromatic heterocycles. The molecule has 0 fully saturated rings. The maximum Gasteiger partial charge on any atom is 0.344 e. The lowest BCUT2D eigenvalue weighted by Crippen LogP contribution is -2.17. The highest BCUT2D eigenvalue weighted by Gasteiger charge is 2.15. The monoisotopic (exact) mass is 518 g/mol. The quantitative estimate of drug-likeness (QED) is 0.163. The molecule has 0 bridgehead atoms. The van der Waals surface area contributed by atoms with Gasteiger partial charge < -0.3 is 13.9 Å². The second kappa shape index (κ2) is 10.1. The van der Waals surface area contributed by atoms with Gasteiger partial charge in [0.2, 0.25) is 0 Å². The van der Waals surface area contributed by atoms with Crippen molar-refractivity contribution in [1.82, 2.24) is 5.43 Å². The SMILES string of the molecule is CCOc1cc(/C=N\NC(=O)c2ccoc2C)ccc1OC(=O)c1ccccc1I. The smallest absolute Gasteiger partial charge is 0.344 e. The summed E-state index contributed by atoms with van der Waals surface area (Å²) in [5.74, 6) is 0.380. The Morgan fingerprint density at radius 3 is 2.63 bits per heavy atom. The molecule has 1 N–H and O–H groups in total. The number of nitrogens with zero attached hydrogens (tertiary/aromatic N) is 1. The van der Waals surface area contributed by atoms with Gasteiger partial charge >= 0.3 is 5.97 Å². The fourth-order valence-corrected chi connectivity index (χ4v) is 3.19. The minimum absolute atomic E-state index is 0.303. The molecule has 0 spiro atoms. The third-order valence-electron chi connectivity index (χ3n) is 4.05. The Balaban J connectivity index is 1.73. The second-order valence-corrected chi connectivity index (χ2v) is 7.26. The van der Waals surface area contributed by atoms with Gasteiger partial charge in [0.15, 0.2) is 11.5 Å². The molecule has 0 saturated heterocycles. The number of amides is 1. The standard InChI is InChI=1S/C22H19IN2O5/c1-3-28-20-12-15(13-24-25-21(26)16-10-11-29-14(16)2)8-9-19(20)30-22(27)17-6-4-5-7-18(17)23/h4-13H,3H2,1-2H3,(H,25,26)/b24-13-. The molecule has 154 valence electrons. The Kier molecular flexibility index (Phi) is 7.23. The summed E-state index contributed by atoms with van der Waals surface area (Å²) < 4.78 is 17.0. The molecule has 0 saturated carbocycles. The fraction of sp³-hybridized carbons (Fsp3) is 0.136. The molecule has 1 heterocycles. The summed E-state index contributed by atoms with van der Waals surface area (Å²) in [4.78, 5) is 24.6. The predicted octanol–water partition coefficient (Wildman–Crippen LogP) is 4.57. The van der Waals surface area contributed by atoms with Crippen LogP contribution in [0.5, 0.6) is 11.5 Å². The average Bonchev–Trinajstić information content (AvgIpc) is 3.16. The number of nitrogens with one attached hydrogen (secondary N) is 1. The van der Waals surface area contributed by atoms with Crippen molar-refractivity contribution >= 4 is 40.7 Å². The molecule has 7 nitrogen and oxygen atoms in total. The number of esters is 1. The van der Waals surface area contributed by atoms with Gasteiger partial charge in [-0.25, -0.2) is 10.2 Å². The molecule has 3 rings (SSSR count). The number of ether oxygens (including phenoxy) is 2. The third kappa shape index (κ3) is 5.26. The molecule has 0 aliphatic carbocycles. The molecule has 0 unspecified atom stereocenters. The van der Waals surface area contributed by atoms with Gasteiger partial charge in [-0.3, -0.25) is 4.79 Å². The van der Waals surface area contributed by atoms with Crippen LogP contribution in [0.25, 0.3) is 0 Å². The van der Waals surface area contributed by atoms with Gasteiger partial charge in [0.1, 0.15) is 5.76 Å². The maximum atomic E-state index is 12.5. The highest BCUT2D eigenvalue weighted by Crippen LogP contribution is 2.29. The summed E-state index contributed by atoms with van der Waals surface area (Å²) in [5, 5.41) is 3.96. The molecular formula is C22H19IN2O5. The Morgan fingerprint density at radius 1 is 1.13 bits per heavy atom. The number of carbonyl (C=O) groups is 2. The van der Waals surface area contributed by atoms with Gasteiger partial charge in [-0.15, -0.1) is 0 Å². The number of benzene rings is 2. The number of aryl methyl sites for hydroxylation is 1. The Morgan fingerprint density at radius 2 is 1.93 bits per heavy atom. The highest BCUT2D eigenvalue weighted by atomic mass is 127. The lowest BCUT2D eigenvalue weighted by Gasteiger charge is -2.12. The van der Waals surface area contributed by atoms with Crippen LogP contribution in [-0.2, 0) is 0 Å². The lowest BCUT2D eigenvalue weighted by molar-refractivity contribution is 0.0727. The number of rotatable bonds is 7. The van der Waals surface area contributed by atoms with Crippen LogP contribution in [0.15, 0.2) is 64.3 Å². The van der Waals surface area contributed by atoms with E-state index in [1.54, 1.807) is 43.3 Å². The summed E-state index contributed by atoms with van der Waals surface area (Å²) >= 11 is 2.09. The van der Waals surface area contributed by atoms with Crippen LogP contribution in [0.4, 0.5) is 0 Å². The zero-order valence-electron chi connectivity index (χ0n) is 16.3. The summed E-state index contributed by atoms with van der Waals surface area (Å²) in [6.45, 7) is 3.92. The first-order valence-corrected chi connectivity index (χ1v) is 10.2. The number of halogens is 1. The average molecular weight is 518 g/mol. The van der Waals surface area contributed by atoms with Crippen LogP contribution in [-0.4, -0.2) is 24.7 Å². The van der Waals surface area contributed by atoms with E-state index in [4.69, 9.17) is 13.9 Å². The van der Waals surface area contributed by atoms with Crippen LogP contribution in [0.2, 0.25) is 0 Å². The van der Waals surface area contributed by atoms with Crippen molar-refractivity contribution in [3.63, 3.8) is 0 Å². The highest BCUT2D eigenvalue weighted by molar-refractivity contribution is 14.1. The molecule has 0 radical (unpaired) electrons. The zero-order valence-corrected chi connectivity index (χ0v) is 18.5. The Bertz CT molecular complexity index is 1090. The normalized spacial score (nSPS) is 10.8. The summed E-state index contributed by atoms with van der Waals surface area (Å²) in [5.41, 5.74) is 4.00. The van der Waals surface area contributed by atoms with Crippen molar-refractivity contribution in [2.75, 3.05) is 6.61 Å². The molecule has 0 aliphatic rings. The van der Waals surface area contributed by atoms with E-state index in [0.29, 0.717) is 40.6 Å². The van der Waals surface area contributed by atoms with Gasteiger partial charge in [-0.05, 0) is 78.4 Å². The zero-order chi connectivity index (χ0) is 21.5. The van der Waals surface area contributed by atoms with E-state index in [2.05, 4.69) is 33.1 Å². The Hall–Kier alpha value is -3.14. The molecule has 2 aromatic carbocycles. The largest absolute Gasteiger partial charge is 0.490 e. The van der Waals surface area contributed by atoms with E-state index in [9.17, 15) is 9.59 Å². The van der Waals surface area contributed by atoms with Gasteiger partial charge in [0.25, 0.3) is 5.91 Å². The number of hydrazone groups is 1. The van der Waals surface area contributed by atoms with Crippen LogP contribution in [0, 0.1) is 10.5 Å². The van der Waals surface area contributed by atoms with E-state index < -0.39 is 5.97 Å². The van der Waals surface area contributed by atoms with E-state index in [1.807, 2.05) is 19.1 Å². The fourth-order valence-electron chi connectivity index (χ4n) is 2.59. The van der Waals surface area contributed by atoms with Gasteiger partial charge in [-0.1, -0.05) is 12.1 Å². The molecule has 8 heteroatoms. The van der Waals surface area contributed by atoms with Crippen molar-refractivity contribution in [1.29, 1.82) is 0 Å². The van der Waals surface area contributed by atoms with Crippen LogP contribution in [0.3, 0.4) is 0 Å². The molecule has 0 atom stereocenters. The van der Waals surface area contributed by atoms with E-state index >= 15 is 0 Å². The third-order valence-corrected chi connectivity index (χ3v) is 4.99. The summed E-state index contributed by atoms with van der Waals surface area (Å²) in [6, 6.07) is 13.8. The minimum atomic E-state index is -0.467. The first kappa shape index (κ1) is 21.6. The maximum absolute atomic E-state index is 12.5. The van der Waals surface area contributed by atoms with E-state index in [-0.39, 0.29) is 5.91 Å². The van der Waals surface area contributed by atoms with Crippen LogP contribution in [0.1, 0.15) is 39.0 Å². The van der Waals surface area contributed by atoms with E-state index in [1.165, 1.54) is 12.5 Å². The minimum Gasteiger partial charge on any atom is -0.490 e. The number of hydrogen-bond acceptors (Lipinski definition) is 6. The summed E-state index contributed by atoms with van der Waals surface area (Å²) in [6.07, 6.45) is 2.92. The van der Waals surface area contributed by atoms with Crippen LogP contribution >= 0.6 is 22.6 Å². The first-order valence-electron chi connectivity index (χ1n) is 9.10. The Labute approximate surface area is 187 Å². The van der Waals surface area contributed by atoms with Crippen molar-refractivity contribution in [3.05, 3.63) is 80.8 Å². The lowest BCUT2D eigenvalue weighted by atomic mass is 10.2. The van der Waals surface area contributed by atoms with Crippen molar-refractivity contribution < 1.29 is 23.5 Å². The van der Waals surface area contributed by atoms with Crippen LogP contribution < -0.4 is 14.9 Å². The molecule has 1 amide bonds. The molecule has 30 heavy (non-hydrogen) atoms. The predicted molar refractivity (Wildman–Crippen MR) is 120 cm³/mol. The number of carbonyl (C=O) groups excluding carboxylic acids is 2. The van der Waals surface area contributed by atoms with Gasteiger partial charge in [0, 0.05) is 3.57 Å². The first-order chi connectivity index (χ1) is 14.5. The van der Waals surface area contributed by atoms with E-state index in [0.717, 1.165) is 3.57 Å². The van der Waals surface area contributed by atoms with Gasteiger partial charge in [-0.2, -0.15) is 5.10 Å². The number of furan rings is 1. The second-order valence-electron chi connectivity index (χ2n) is 6.10. The van der Waals surface area contributed by atoms with Crippen molar-refractivity contribution in [2.45, 2.75) is 13.8 Å². The molecule has 3 aromatic rings. The molecule has 0 aliphatic heterocycles. The molecular weight excluding hydrogens is 499 g/mol. The number of hydrogen-bond donors (Lipinski definition) is 1. The topological polar surface area (TPSA) is 90.1 Å². The van der Waals surface area contributed by atoms with Gasteiger partial charge in [0.05, 0.1) is 30.2 Å². The van der Waals surface area contributed by atoms with Crippen molar-refractivity contribution in [3.8, 4) is 11.5 Å².